The lowest BCUT2D eigenvalue weighted by Gasteiger charge is -2.31. The third-order valence-electron chi connectivity index (χ3n) is 4.37. The normalized spacial score (nSPS) is 15.3. The Balaban J connectivity index is 0.00000208. The van der Waals surface area contributed by atoms with E-state index in [4.69, 9.17) is 11.6 Å². The van der Waals surface area contributed by atoms with Crippen molar-refractivity contribution in [2.75, 3.05) is 18.4 Å². The van der Waals surface area contributed by atoms with Crippen LogP contribution in [0, 0.1) is 18.8 Å². The van der Waals surface area contributed by atoms with Crippen molar-refractivity contribution >= 4 is 46.4 Å². The van der Waals surface area contributed by atoms with Gasteiger partial charge in [-0.05, 0) is 37.6 Å². The molecule has 2 heterocycles. The van der Waals surface area contributed by atoms with Crippen LogP contribution >= 0.6 is 35.3 Å². The molecule has 0 radical (unpaired) electrons. The van der Waals surface area contributed by atoms with Crippen LogP contribution in [-0.4, -0.2) is 24.0 Å². The van der Waals surface area contributed by atoms with Gasteiger partial charge in [-0.15, -0.1) is 23.7 Å². The summed E-state index contributed by atoms with van der Waals surface area (Å²) in [5, 5.41) is 7.60. The Bertz CT molecular complexity index is 716. The van der Waals surface area contributed by atoms with Crippen LogP contribution in [-0.2, 0) is 11.2 Å². The maximum atomic E-state index is 12.3. The zero-order chi connectivity index (χ0) is 16.4. The number of nitrogens with zero attached hydrogens (tertiary/aromatic N) is 1. The molecular weight excluding hydrogens is 365 g/mol. The topological polar surface area (TPSA) is 54.0 Å². The number of nitrogens with one attached hydrogen (secondary N) is 2. The lowest BCUT2D eigenvalue weighted by atomic mass is 9.88. The number of aromatic nitrogens is 1. The fourth-order valence-corrected chi connectivity index (χ4v) is 3.75. The summed E-state index contributed by atoms with van der Waals surface area (Å²) in [7, 11) is 0. The van der Waals surface area contributed by atoms with E-state index in [1.807, 2.05) is 38.1 Å². The average Bonchev–Trinajstić information content (AvgIpc) is 2.79. The smallest absolute Gasteiger partial charge is 0.229 e. The van der Waals surface area contributed by atoms with Crippen molar-refractivity contribution in [2.45, 2.75) is 20.3 Å². The molecule has 1 aromatic heterocycles. The minimum absolute atomic E-state index is 0. The minimum Gasteiger partial charge on any atom is -0.316 e. The van der Waals surface area contributed by atoms with Crippen molar-refractivity contribution in [1.82, 2.24) is 10.3 Å². The number of anilines is 1. The van der Waals surface area contributed by atoms with Gasteiger partial charge in [0.25, 0.3) is 0 Å². The standard InChI is InChI=1S/C17H20ClN3OS.ClH/c1-10(13-8-19-9-13)16(22)21-17-20-11(2)15(23-17)7-12-5-3-4-6-14(12)18;/h3-6,10,13,19H,7-9H2,1-2H3,(H,20,21,22);1H. The summed E-state index contributed by atoms with van der Waals surface area (Å²) < 4.78 is 0. The number of carbonyl (C=O) groups excluding carboxylic acids is 1. The number of carbonyl (C=O) groups is 1. The molecule has 24 heavy (non-hydrogen) atoms. The highest BCUT2D eigenvalue weighted by molar-refractivity contribution is 7.15. The molecule has 7 heteroatoms. The van der Waals surface area contributed by atoms with Crippen molar-refractivity contribution in [1.29, 1.82) is 0 Å². The van der Waals surface area contributed by atoms with Crippen LogP contribution in [0.4, 0.5) is 5.13 Å². The molecule has 2 aromatic rings. The van der Waals surface area contributed by atoms with E-state index < -0.39 is 0 Å². The first kappa shape index (κ1) is 19.2. The number of aryl methyl sites for hydroxylation is 1. The molecule has 0 saturated carbocycles. The molecule has 0 bridgehead atoms. The van der Waals surface area contributed by atoms with E-state index >= 15 is 0 Å². The molecule has 130 valence electrons. The van der Waals surface area contributed by atoms with Crippen molar-refractivity contribution < 1.29 is 4.79 Å². The van der Waals surface area contributed by atoms with Gasteiger partial charge in [0, 0.05) is 22.2 Å². The monoisotopic (exact) mass is 385 g/mol. The van der Waals surface area contributed by atoms with Gasteiger partial charge in [-0.2, -0.15) is 0 Å². The molecule has 1 atom stereocenters. The van der Waals surface area contributed by atoms with Crippen molar-refractivity contribution in [3.05, 3.63) is 45.4 Å². The second-order valence-electron chi connectivity index (χ2n) is 5.99. The Hall–Kier alpha value is -1.14. The molecule has 1 aliphatic rings. The largest absolute Gasteiger partial charge is 0.316 e. The maximum absolute atomic E-state index is 12.3. The summed E-state index contributed by atoms with van der Waals surface area (Å²) in [6.07, 6.45) is 0.737. The van der Waals surface area contributed by atoms with Gasteiger partial charge in [0.15, 0.2) is 5.13 Å². The zero-order valence-corrected chi connectivity index (χ0v) is 16.0. The number of benzene rings is 1. The SMILES string of the molecule is Cc1nc(NC(=O)C(C)C2CNC2)sc1Cc1ccccc1Cl.Cl. The second kappa shape index (κ2) is 8.30. The first-order chi connectivity index (χ1) is 11.0. The van der Waals surface area contributed by atoms with E-state index in [2.05, 4.69) is 15.6 Å². The van der Waals surface area contributed by atoms with Crippen LogP contribution in [0.2, 0.25) is 5.02 Å². The predicted octanol–water partition coefficient (Wildman–Crippen LogP) is 3.91. The zero-order valence-electron chi connectivity index (χ0n) is 13.6. The third-order valence-corrected chi connectivity index (χ3v) is 5.81. The third kappa shape index (κ3) is 4.28. The number of thiazole rings is 1. The van der Waals surface area contributed by atoms with Crippen LogP contribution in [0.25, 0.3) is 0 Å². The van der Waals surface area contributed by atoms with Gasteiger partial charge in [-0.25, -0.2) is 4.98 Å². The fraction of sp³-hybridized carbons (Fsp3) is 0.412. The number of rotatable bonds is 5. The average molecular weight is 386 g/mol. The van der Waals surface area contributed by atoms with Gasteiger partial charge in [-0.3, -0.25) is 4.79 Å². The quantitative estimate of drug-likeness (QED) is 0.819. The summed E-state index contributed by atoms with van der Waals surface area (Å²) in [5.74, 6) is 0.487. The fourth-order valence-electron chi connectivity index (χ4n) is 2.56. The van der Waals surface area contributed by atoms with Crippen LogP contribution in [0.15, 0.2) is 24.3 Å². The number of halogens is 2. The Morgan fingerprint density at radius 3 is 2.79 bits per heavy atom. The van der Waals surface area contributed by atoms with Gasteiger partial charge >= 0.3 is 0 Å². The lowest BCUT2D eigenvalue weighted by Crippen LogP contribution is -2.48. The first-order valence-corrected chi connectivity index (χ1v) is 8.95. The number of hydrogen-bond acceptors (Lipinski definition) is 4. The van der Waals surface area contributed by atoms with Gasteiger partial charge in [0.05, 0.1) is 5.69 Å². The molecule has 1 aromatic carbocycles. The minimum atomic E-state index is 0. The second-order valence-corrected chi connectivity index (χ2v) is 7.48. The van der Waals surface area contributed by atoms with Gasteiger partial charge < -0.3 is 10.6 Å². The summed E-state index contributed by atoms with van der Waals surface area (Å²) in [4.78, 5) is 17.9. The first-order valence-electron chi connectivity index (χ1n) is 7.76. The molecule has 4 nitrogen and oxygen atoms in total. The summed E-state index contributed by atoms with van der Waals surface area (Å²) in [5.41, 5.74) is 2.02. The van der Waals surface area contributed by atoms with Crippen LogP contribution in [0.5, 0.6) is 0 Å². The molecule has 0 spiro atoms. The van der Waals surface area contributed by atoms with E-state index in [1.54, 1.807) is 0 Å². The summed E-state index contributed by atoms with van der Waals surface area (Å²) in [6, 6.07) is 7.82. The molecule has 1 unspecified atom stereocenters. The summed E-state index contributed by atoms with van der Waals surface area (Å²) in [6.45, 7) is 5.79. The molecule has 1 saturated heterocycles. The number of amides is 1. The van der Waals surface area contributed by atoms with Crippen LogP contribution in [0.1, 0.15) is 23.1 Å². The lowest BCUT2D eigenvalue weighted by molar-refractivity contribution is -0.121. The Morgan fingerprint density at radius 2 is 2.17 bits per heavy atom. The maximum Gasteiger partial charge on any atom is 0.229 e. The highest BCUT2D eigenvalue weighted by Crippen LogP contribution is 2.28. The van der Waals surface area contributed by atoms with Crippen molar-refractivity contribution in [3.63, 3.8) is 0 Å². The van der Waals surface area contributed by atoms with E-state index in [0.717, 1.165) is 40.7 Å². The van der Waals surface area contributed by atoms with Crippen LogP contribution in [0.3, 0.4) is 0 Å². The molecule has 1 amide bonds. The molecule has 2 N–H and O–H groups in total. The van der Waals surface area contributed by atoms with E-state index in [0.29, 0.717) is 11.0 Å². The summed E-state index contributed by atoms with van der Waals surface area (Å²) >= 11 is 7.75. The van der Waals surface area contributed by atoms with E-state index in [-0.39, 0.29) is 24.2 Å². The Kier molecular flexibility index (Phi) is 6.63. The molecule has 0 aliphatic carbocycles. The van der Waals surface area contributed by atoms with Gasteiger partial charge in [0.2, 0.25) is 5.91 Å². The molecular formula is C17H21Cl2N3OS. The van der Waals surface area contributed by atoms with Crippen molar-refractivity contribution in [3.8, 4) is 0 Å². The number of hydrogen-bond donors (Lipinski definition) is 2. The highest BCUT2D eigenvalue weighted by Gasteiger charge is 2.29. The van der Waals surface area contributed by atoms with E-state index in [9.17, 15) is 4.79 Å². The van der Waals surface area contributed by atoms with E-state index in [1.165, 1.54) is 11.3 Å². The molecule has 3 rings (SSSR count). The van der Waals surface area contributed by atoms with Crippen molar-refractivity contribution in [2.24, 2.45) is 11.8 Å². The Morgan fingerprint density at radius 1 is 1.46 bits per heavy atom. The van der Waals surface area contributed by atoms with Gasteiger partial charge in [0.1, 0.15) is 0 Å². The van der Waals surface area contributed by atoms with Gasteiger partial charge in [-0.1, -0.05) is 36.7 Å². The Labute approximate surface area is 157 Å². The predicted molar refractivity (Wildman–Crippen MR) is 103 cm³/mol. The molecule has 1 fully saturated rings. The van der Waals surface area contributed by atoms with Crippen LogP contribution < -0.4 is 10.6 Å². The molecule has 1 aliphatic heterocycles. The highest BCUT2D eigenvalue weighted by atomic mass is 35.5.